The van der Waals surface area contributed by atoms with Gasteiger partial charge >= 0.3 is 0 Å². The van der Waals surface area contributed by atoms with Gasteiger partial charge in [0.1, 0.15) is 0 Å². The van der Waals surface area contributed by atoms with Crippen LogP contribution in [0.15, 0.2) is 36.4 Å². The summed E-state index contributed by atoms with van der Waals surface area (Å²) in [5, 5.41) is 2.62. The molecule has 0 heterocycles. The summed E-state index contributed by atoms with van der Waals surface area (Å²) in [6, 6.07) is 9.64. The molecule has 0 spiro atoms. The predicted molar refractivity (Wildman–Crippen MR) is 98.4 cm³/mol. The summed E-state index contributed by atoms with van der Waals surface area (Å²) in [7, 11) is 1.53. The third-order valence-corrected chi connectivity index (χ3v) is 3.36. The lowest BCUT2D eigenvalue weighted by Gasteiger charge is -2.12. The second-order valence-corrected chi connectivity index (χ2v) is 5.34. The third-order valence-electron chi connectivity index (χ3n) is 3.36. The first-order chi connectivity index (χ1) is 11.5. The van der Waals surface area contributed by atoms with Gasteiger partial charge < -0.3 is 20.5 Å². The number of rotatable bonds is 7. The lowest BCUT2D eigenvalue weighted by Crippen LogP contribution is -2.13. The number of halogens is 2. The van der Waals surface area contributed by atoms with Crippen molar-refractivity contribution >= 4 is 24.0 Å². The Balaban J connectivity index is 0.00000312. The number of benzene rings is 2. The number of nitrogens with two attached hydrogens (primary N) is 1. The van der Waals surface area contributed by atoms with Gasteiger partial charge in [-0.15, -0.1) is 12.4 Å². The summed E-state index contributed by atoms with van der Waals surface area (Å²) in [6.45, 7) is 2.36. The number of anilines is 1. The minimum absolute atomic E-state index is 0. The average molecular weight is 369 g/mol. The quantitative estimate of drug-likeness (QED) is 0.773. The maximum atomic E-state index is 14.2. The molecule has 0 bridgehead atoms. The molecule has 0 radical (unpaired) electrons. The van der Waals surface area contributed by atoms with E-state index in [1.807, 2.05) is 13.0 Å². The lowest BCUT2D eigenvalue weighted by atomic mass is 10.2. The van der Waals surface area contributed by atoms with E-state index in [0.717, 1.165) is 5.56 Å². The normalized spacial score (nSPS) is 9.92. The van der Waals surface area contributed by atoms with Gasteiger partial charge in [0, 0.05) is 18.2 Å². The van der Waals surface area contributed by atoms with Gasteiger partial charge in [0.2, 0.25) is 5.91 Å². The Labute approximate surface area is 152 Å². The van der Waals surface area contributed by atoms with Gasteiger partial charge in [0.25, 0.3) is 0 Å². The summed E-state index contributed by atoms with van der Waals surface area (Å²) >= 11 is 0. The molecule has 2 rings (SSSR count). The Hall–Kier alpha value is -2.31. The van der Waals surface area contributed by atoms with Crippen molar-refractivity contribution in [2.45, 2.75) is 19.8 Å². The Morgan fingerprint density at radius 1 is 1.16 bits per heavy atom. The highest BCUT2D eigenvalue weighted by Crippen LogP contribution is 2.34. The number of methoxy groups -OCH3 is 1. The molecule has 0 saturated carbocycles. The van der Waals surface area contributed by atoms with Crippen LogP contribution in [0, 0.1) is 12.7 Å². The van der Waals surface area contributed by atoms with Crippen LogP contribution in [0.5, 0.6) is 17.2 Å². The maximum absolute atomic E-state index is 14.2. The first kappa shape index (κ1) is 20.7. The van der Waals surface area contributed by atoms with Crippen LogP contribution in [0.4, 0.5) is 10.1 Å². The van der Waals surface area contributed by atoms with Crippen molar-refractivity contribution in [3.63, 3.8) is 0 Å². The van der Waals surface area contributed by atoms with Crippen molar-refractivity contribution in [1.29, 1.82) is 0 Å². The first-order valence-corrected chi connectivity index (χ1v) is 7.65. The van der Waals surface area contributed by atoms with Crippen LogP contribution in [0.1, 0.15) is 18.4 Å². The molecule has 7 heteroatoms. The predicted octanol–water partition coefficient (Wildman–Crippen LogP) is 4.03. The van der Waals surface area contributed by atoms with Gasteiger partial charge in [0.15, 0.2) is 23.1 Å². The van der Waals surface area contributed by atoms with E-state index in [1.165, 1.54) is 19.2 Å². The minimum Gasteiger partial charge on any atom is -0.493 e. The number of nitrogens with one attached hydrogen (secondary N) is 1. The molecule has 25 heavy (non-hydrogen) atoms. The standard InChI is InChI=1S/C18H21FN2O3.ClH/c1-12-5-7-16(17(10-12)23-2)24-15-8-6-13(11-14(15)19)21-18(22)4-3-9-20;/h5-8,10-11H,3-4,9,20H2,1-2H3,(H,21,22);1H. The van der Waals surface area contributed by atoms with Crippen molar-refractivity contribution in [3.05, 3.63) is 47.8 Å². The molecule has 3 N–H and O–H groups in total. The molecule has 0 aromatic heterocycles. The third kappa shape index (κ3) is 5.92. The van der Waals surface area contributed by atoms with E-state index >= 15 is 0 Å². The summed E-state index contributed by atoms with van der Waals surface area (Å²) < 4.78 is 25.0. The Morgan fingerprint density at radius 3 is 2.52 bits per heavy atom. The topological polar surface area (TPSA) is 73.6 Å². The summed E-state index contributed by atoms with van der Waals surface area (Å²) in [5.41, 5.74) is 6.74. The van der Waals surface area contributed by atoms with Crippen LogP contribution in [-0.4, -0.2) is 19.6 Å². The Kier molecular flexibility index (Phi) is 8.18. The average Bonchev–Trinajstić information content (AvgIpc) is 2.56. The molecule has 0 aliphatic rings. The van der Waals surface area contributed by atoms with Gasteiger partial charge in [0.05, 0.1) is 7.11 Å². The maximum Gasteiger partial charge on any atom is 0.224 e. The summed E-state index contributed by atoms with van der Waals surface area (Å²) in [6.07, 6.45) is 0.889. The SMILES string of the molecule is COc1cc(C)ccc1Oc1ccc(NC(=O)CCCN)cc1F.Cl. The number of ether oxygens (including phenoxy) is 2. The molecule has 0 unspecified atom stereocenters. The monoisotopic (exact) mass is 368 g/mol. The fraction of sp³-hybridized carbons (Fsp3) is 0.278. The van der Waals surface area contributed by atoms with Gasteiger partial charge in [-0.2, -0.15) is 0 Å². The van der Waals surface area contributed by atoms with Crippen molar-refractivity contribution in [2.75, 3.05) is 19.0 Å². The van der Waals surface area contributed by atoms with Gasteiger partial charge in [-0.25, -0.2) is 4.39 Å². The van der Waals surface area contributed by atoms with E-state index in [0.29, 0.717) is 36.6 Å². The molecule has 2 aromatic rings. The Morgan fingerprint density at radius 2 is 1.88 bits per heavy atom. The zero-order chi connectivity index (χ0) is 17.5. The minimum atomic E-state index is -0.575. The van der Waals surface area contributed by atoms with Gasteiger partial charge in [-0.05, 0) is 49.7 Å². The van der Waals surface area contributed by atoms with E-state index in [-0.39, 0.29) is 24.1 Å². The molecule has 1 amide bonds. The second-order valence-electron chi connectivity index (χ2n) is 5.34. The van der Waals surface area contributed by atoms with Crippen molar-refractivity contribution < 1.29 is 18.7 Å². The van der Waals surface area contributed by atoms with Crippen LogP contribution in [0.2, 0.25) is 0 Å². The molecule has 136 valence electrons. The van der Waals surface area contributed by atoms with Crippen LogP contribution in [0.25, 0.3) is 0 Å². The first-order valence-electron chi connectivity index (χ1n) is 7.65. The number of hydrogen-bond donors (Lipinski definition) is 2. The molecular formula is C18H22ClFN2O3. The number of hydrogen-bond acceptors (Lipinski definition) is 4. The van der Waals surface area contributed by atoms with Crippen LogP contribution < -0.4 is 20.5 Å². The van der Waals surface area contributed by atoms with E-state index < -0.39 is 5.82 Å². The molecule has 0 atom stereocenters. The molecule has 0 aliphatic heterocycles. The smallest absolute Gasteiger partial charge is 0.224 e. The highest BCUT2D eigenvalue weighted by atomic mass is 35.5. The second kappa shape index (κ2) is 9.86. The molecule has 0 saturated heterocycles. The number of carbonyl (C=O) groups excluding carboxylic acids is 1. The highest BCUT2D eigenvalue weighted by molar-refractivity contribution is 5.90. The van der Waals surface area contributed by atoms with Crippen LogP contribution in [-0.2, 0) is 4.79 Å². The van der Waals surface area contributed by atoms with E-state index in [9.17, 15) is 9.18 Å². The summed E-state index contributed by atoms with van der Waals surface area (Å²) in [4.78, 5) is 11.6. The highest BCUT2D eigenvalue weighted by Gasteiger charge is 2.11. The largest absolute Gasteiger partial charge is 0.493 e. The molecule has 0 fully saturated rings. The number of carbonyl (C=O) groups is 1. The van der Waals surface area contributed by atoms with Gasteiger partial charge in [-0.3, -0.25) is 4.79 Å². The van der Waals surface area contributed by atoms with Crippen molar-refractivity contribution in [3.8, 4) is 17.2 Å². The summed E-state index contributed by atoms with van der Waals surface area (Å²) in [5.74, 6) is 0.218. The van der Waals surface area contributed by atoms with Crippen molar-refractivity contribution in [1.82, 2.24) is 0 Å². The van der Waals surface area contributed by atoms with E-state index in [2.05, 4.69) is 5.32 Å². The lowest BCUT2D eigenvalue weighted by molar-refractivity contribution is -0.116. The van der Waals surface area contributed by atoms with Crippen molar-refractivity contribution in [2.24, 2.45) is 5.73 Å². The number of aryl methyl sites for hydroxylation is 1. The molecule has 2 aromatic carbocycles. The number of amides is 1. The fourth-order valence-electron chi connectivity index (χ4n) is 2.13. The Bertz CT molecular complexity index is 725. The molecule has 5 nitrogen and oxygen atoms in total. The molecule has 0 aliphatic carbocycles. The zero-order valence-electron chi connectivity index (χ0n) is 14.2. The fourth-order valence-corrected chi connectivity index (χ4v) is 2.13. The van der Waals surface area contributed by atoms with Gasteiger partial charge in [-0.1, -0.05) is 6.07 Å². The van der Waals surface area contributed by atoms with Crippen LogP contribution in [0.3, 0.4) is 0 Å². The zero-order valence-corrected chi connectivity index (χ0v) is 15.0. The van der Waals surface area contributed by atoms with Crippen LogP contribution >= 0.6 is 12.4 Å². The molecular weight excluding hydrogens is 347 g/mol. The van der Waals surface area contributed by atoms with E-state index in [1.54, 1.807) is 18.2 Å². The van der Waals surface area contributed by atoms with E-state index in [4.69, 9.17) is 15.2 Å².